The molecule has 0 aromatic heterocycles. The van der Waals surface area contributed by atoms with Crippen molar-refractivity contribution >= 4 is 21.6 Å². The second-order valence-corrected chi connectivity index (χ2v) is 4.53. The normalized spacial score (nSPS) is 10.4. The van der Waals surface area contributed by atoms with Crippen LogP contribution in [0.3, 0.4) is 0 Å². The highest BCUT2D eigenvalue weighted by atomic mass is 79.9. The van der Waals surface area contributed by atoms with Crippen molar-refractivity contribution in [2.75, 3.05) is 5.73 Å². The Hall–Kier alpha value is -1.35. The smallest absolute Gasteiger partial charge is 0.126 e. The molecule has 82 valence electrons. The molecule has 0 aliphatic rings. The first-order valence-corrected chi connectivity index (χ1v) is 5.73. The summed E-state index contributed by atoms with van der Waals surface area (Å²) in [6.07, 6.45) is 0.520. The fourth-order valence-corrected chi connectivity index (χ4v) is 1.95. The Labute approximate surface area is 102 Å². The Morgan fingerprint density at radius 1 is 1.06 bits per heavy atom. The van der Waals surface area contributed by atoms with Crippen molar-refractivity contribution in [2.24, 2.45) is 0 Å². The number of benzene rings is 2. The van der Waals surface area contributed by atoms with Crippen LogP contribution in [0.4, 0.5) is 10.1 Å². The molecule has 2 aromatic carbocycles. The van der Waals surface area contributed by atoms with E-state index in [-0.39, 0.29) is 5.82 Å². The van der Waals surface area contributed by atoms with Gasteiger partial charge in [0.15, 0.2) is 0 Å². The van der Waals surface area contributed by atoms with Crippen LogP contribution in [0.2, 0.25) is 0 Å². The Bertz CT molecular complexity index is 511. The van der Waals surface area contributed by atoms with Gasteiger partial charge in [0.05, 0.1) is 0 Å². The summed E-state index contributed by atoms with van der Waals surface area (Å²) >= 11 is 3.34. The molecule has 0 heterocycles. The van der Waals surface area contributed by atoms with E-state index in [9.17, 15) is 4.39 Å². The Balaban J connectivity index is 2.31. The molecule has 2 rings (SSSR count). The molecule has 2 N–H and O–H groups in total. The second kappa shape index (κ2) is 4.66. The van der Waals surface area contributed by atoms with Gasteiger partial charge in [-0.15, -0.1) is 0 Å². The average molecular weight is 280 g/mol. The molecule has 1 nitrogen and oxygen atoms in total. The van der Waals surface area contributed by atoms with Crippen molar-refractivity contribution < 1.29 is 4.39 Å². The molecule has 2 aromatic rings. The Morgan fingerprint density at radius 3 is 2.50 bits per heavy atom. The van der Waals surface area contributed by atoms with E-state index >= 15 is 0 Å². The van der Waals surface area contributed by atoms with Crippen molar-refractivity contribution in [3.63, 3.8) is 0 Å². The first-order valence-electron chi connectivity index (χ1n) is 4.94. The number of anilines is 1. The number of nitrogens with two attached hydrogens (primary N) is 1. The Morgan fingerprint density at radius 2 is 1.81 bits per heavy atom. The highest BCUT2D eigenvalue weighted by Crippen LogP contribution is 2.22. The van der Waals surface area contributed by atoms with E-state index in [4.69, 9.17) is 5.73 Å². The van der Waals surface area contributed by atoms with Gasteiger partial charge in [-0.1, -0.05) is 40.2 Å². The number of hydrogen-bond acceptors (Lipinski definition) is 1. The van der Waals surface area contributed by atoms with Gasteiger partial charge in [0, 0.05) is 16.6 Å². The Kier molecular flexibility index (Phi) is 3.25. The van der Waals surface area contributed by atoms with Gasteiger partial charge in [0.25, 0.3) is 0 Å². The summed E-state index contributed by atoms with van der Waals surface area (Å²) in [5.74, 6) is -0.190. The van der Waals surface area contributed by atoms with E-state index < -0.39 is 0 Å². The minimum absolute atomic E-state index is 0.190. The van der Waals surface area contributed by atoms with E-state index in [1.54, 1.807) is 12.1 Å². The molecular formula is C13H11BrFN. The predicted octanol–water partition coefficient (Wildman–Crippen LogP) is 3.76. The van der Waals surface area contributed by atoms with Gasteiger partial charge in [-0.3, -0.25) is 0 Å². The molecule has 0 fully saturated rings. The van der Waals surface area contributed by atoms with E-state index in [0.29, 0.717) is 17.7 Å². The number of nitrogen functional groups attached to an aromatic ring is 1. The summed E-state index contributed by atoms with van der Waals surface area (Å²) in [6, 6.07) is 12.4. The molecule has 0 spiro atoms. The first-order chi connectivity index (χ1) is 7.66. The van der Waals surface area contributed by atoms with E-state index in [1.165, 1.54) is 6.07 Å². The summed E-state index contributed by atoms with van der Waals surface area (Å²) < 4.78 is 14.4. The molecule has 0 aliphatic heterocycles. The van der Waals surface area contributed by atoms with Crippen LogP contribution in [0.25, 0.3) is 0 Å². The van der Waals surface area contributed by atoms with Crippen LogP contribution in [-0.4, -0.2) is 0 Å². The van der Waals surface area contributed by atoms with Crippen LogP contribution in [0.15, 0.2) is 46.9 Å². The van der Waals surface area contributed by atoms with Crippen LogP contribution in [0, 0.1) is 5.82 Å². The minimum Gasteiger partial charge on any atom is -0.398 e. The standard InChI is InChI=1S/C13H11BrFN/c14-11-6-5-10(13(16)8-11)7-9-3-1-2-4-12(9)15/h1-6,8H,7,16H2. The highest BCUT2D eigenvalue weighted by Gasteiger charge is 2.05. The lowest BCUT2D eigenvalue weighted by molar-refractivity contribution is 0.614. The molecule has 0 amide bonds. The summed E-state index contributed by atoms with van der Waals surface area (Å²) in [7, 11) is 0. The average Bonchev–Trinajstić information content (AvgIpc) is 2.25. The first kappa shape index (κ1) is 11.1. The number of halogens is 2. The van der Waals surface area contributed by atoms with E-state index in [0.717, 1.165) is 10.0 Å². The zero-order valence-electron chi connectivity index (χ0n) is 8.58. The fraction of sp³-hybridized carbons (Fsp3) is 0.0769. The predicted molar refractivity (Wildman–Crippen MR) is 67.8 cm³/mol. The molecule has 0 saturated carbocycles. The van der Waals surface area contributed by atoms with Crippen LogP contribution in [0.5, 0.6) is 0 Å². The van der Waals surface area contributed by atoms with Gasteiger partial charge in [-0.25, -0.2) is 4.39 Å². The zero-order chi connectivity index (χ0) is 11.5. The monoisotopic (exact) mass is 279 g/mol. The van der Waals surface area contributed by atoms with Gasteiger partial charge in [-0.05, 0) is 29.3 Å². The molecule has 0 aliphatic carbocycles. The minimum atomic E-state index is -0.190. The molecule has 0 atom stereocenters. The van der Waals surface area contributed by atoms with Gasteiger partial charge in [-0.2, -0.15) is 0 Å². The lowest BCUT2D eigenvalue weighted by atomic mass is 10.0. The quantitative estimate of drug-likeness (QED) is 0.833. The maximum Gasteiger partial charge on any atom is 0.126 e. The SMILES string of the molecule is Nc1cc(Br)ccc1Cc1ccccc1F. The van der Waals surface area contributed by atoms with Crippen molar-refractivity contribution in [1.82, 2.24) is 0 Å². The summed E-state index contributed by atoms with van der Waals surface area (Å²) in [4.78, 5) is 0. The van der Waals surface area contributed by atoms with Crippen LogP contribution in [-0.2, 0) is 6.42 Å². The molecule has 0 unspecified atom stereocenters. The number of hydrogen-bond donors (Lipinski definition) is 1. The van der Waals surface area contributed by atoms with Gasteiger partial charge in [0.1, 0.15) is 5.82 Å². The van der Waals surface area contributed by atoms with Gasteiger partial charge < -0.3 is 5.73 Å². The van der Waals surface area contributed by atoms with Crippen molar-refractivity contribution in [3.8, 4) is 0 Å². The third-order valence-corrected chi connectivity index (χ3v) is 2.94. The third kappa shape index (κ3) is 2.42. The molecule has 3 heteroatoms. The van der Waals surface area contributed by atoms with Gasteiger partial charge >= 0.3 is 0 Å². The number of rotatable bonds is 2. The zero-order valence-corrected chi connectivity index (χ0v) is 10.2. The summed E-state index contributed by atoms with van der Waals surface area (Å²) in [5, 5.41) is 0. The molecule has 0 saturated heterocycles. The largest absolute Gasteiger partial charge is 0.398 e. The summed E-state index contributed by atoms with van der Waals surface area (Å²) in [6.45, 7) is 0. The van der Waals surface area contributed by atoms with E-state index in [1.807, 2.05) is 24.3 Å². The highest BCUT2D eigenvalue weighted by molar-refractivity contribution is 9.10. The maximum absolute atomic E-state index is 13.4. The van der Waals surface area contributed by atoms with Crippen LogP contribution in [0.1, 0.15) is 11.1 Å². The van der Waals surface area contributed by atoms with E-state index in [2.05, 4.69) is 15.9 Å². The fourth-order valence-electron chi connectivity index (χ4n) is 1.57. The topological polar surface area (TPSA) is 26.0 Å². The van der Waals surface area contributed by atoms with Crippen LogP contribution < -0.4 is 5.73 Å². The van der Waals surface area contributed by atoms with Crippen LogP contribution >= 0.6 is 15.9 Å². The maximum atomic E-state index is 13.4. The third-order valence-electron chi connectivity index (χ3n) is 2.45. The van der Waals surface area contributed by atoms with Crippen molar-refractivity contribution in [2.45, 2.75) is 6.42 Å². The lowest BCUT2D eigenvalue weighted by Gasteiger charge is -2.07. The summed E-state index contributed by atoms with van der Waals surface area (Å²) in [5.41, 5.74) is 8.15. The van der Waals surface area contributed by atoms with Gasteiger partial charge in [0.2, 0.25) is 0 Å². The second-order valence-electron chi connectivity index (χ2n) is 3.61. The lowest BCUT2D eigenvalue weighted by Crippen LogP contribution is -1.97. The molecule has 16 heavy (non-hydrogen) atoms. The molecule has 0 radical (unpaired) electrons. The molecular weight excluding hydrogens is 269 g/mol. The van der Waals surface area contributed by atoms with Crippen molar-refractivity contribution in [1.29, 1.82) is 0 Å². The van der Waals surface area contributed by atoms with Crippen molar-refractivity contribution in [3.05, 3.63) is 63.9 Å². The molecule has 0 bridgehead atoms.